The molecule has 0 aromatic heterocycles. The Morgan fingerprint density at radius 2 is 2.19 bits per heavy atom. The molecule has 1 heterocycles. The van der Waals surface area contributed by atoms with Crippen LogP contribution in [0.1, 0.15) is 26.7 Å². The van der Waals surface area contributed by atoms with Crippen LogP contribution in [0.15, 0.2) is 0 Å². The van der Waals surface area contributed by atoms with Gasteiger partial charge in [-0.05, 0) is 19.4 Å². The minimum atomic E-state index is -3.16. The highest BCUT2D eigenvalue weighted by molar-refractivity contribution is 7.89. The molecule has 0 amide bonds. The third-order valence-electron chi connectivity index (χ3n) is 2.65. The topological polar surface area (TPSA) is 69.6 Å². The summed E-state index contributed by atoms with van der Waals surface area (Å²) >= 11 is 0. The first-order valence-corrected chi connectivity index (χ1v) is 7.42. The Kier molecular flexibility index (Phi) is 5.17. The maximum absolute atomic E-state index is 11.8. The second kappa shape index (κ2) is 5.95. The number of sulfonamides is 1. The van der Waals surface area contributed by atoms with Crippen LogP contribution in [-0.4, -0.2) is 55.4 Å². The van der Waals surface area contributed by atoms with Gasteiger partial charge in [-0.25, -0.2) is 8.42 Å². The molecule has 1 unspecified atom stereocenters. The molecule has 1 saturated heterocycles. The third kappa shape index (κ3) is 4.37. The molecule has 0 aromatic rings. The molecule has 0 radical (unpaired) electrons. The number of aliphatic hydroxyl groups is 1. The lowest BCUT2D eigenvalue weighted by molar-refractivity contribution is 0.189. The van der Waals surface area contributed by atoms with Gasteiger partial charge in [-0.1, -0.05) is 13.8 Å². The van der Waals surface area contributed by atoms with E-state index in [-0.39, 0.29) is 12.3 Å². The molecule has 1 aliphatic heterocycles. The Morgan fingerprint density at radius 3 is 2.69 bits per heavy atom. The molecule has 2 N–H and O–H groups in total. The molecule has 96 valence electrons. The Labute approximate surface area is 97.9 Å². The summed E-state index contributed by atoms with van der Waals surface area (Å²) in [7, 11) is -3.16. The van der Waals surface area contributed by atoms with Crippen molar-refractivity contribution in [1.82, 2.24) is 9.62 Å². The van der Waals surface area contributed by atoms with Crippen molar-refractivity contribution in [3.8, 4) is 0 Å². The lowest BCUT2D eigenvalue weighted by Gasteiger charge is -2.16. The number of hydrogen-bond acceptors (Lipinski definition) is 4. The number of hydrogen-bond donors (Lipinski definition) is 2. The fraction of sp³-hybridized carbons (Fsp3) is 1.00. The highest BCUT2D eigenvalue weighted by Crippen LogP contribution is 2.14. The van der Waals surface area contributed by atoms with Crippen LogP contribution in [-0.2, 0) is 10.0 Å². The molecule has 0 spiro atoms. The van der Waals surface area contributed by atoms with Gasteiger partial charge in [0.05, 0.1) is 11.9 Å². The van der Waals surface area contributed by atoms with Gasteiger partial charge in [0.1, 0.15) is 0 Å². The van der Waals surface area contributed by atoms with Crippen molar-refractivity contribution in [2.24, 2.45) is 0 Å². The van der Waals surface area contributed by atoms with Gasteiger partial charge in [-0.3, -0.25) is 0 Å². The molecule has 0 aromatic carbocycles. The van der Waals surface area contributed by atoms with E-state index in [2.05, 4.69) is 5.32 Å². The van der Waals surface area contributed by atoms with E-state index in [1.165, 1.54) is 4.31 Å². The van der Waals surface area contributed by atoms with Crippen molar-refractivity contribution in [3.05, 3.63) is 0 Å². The summed E-state index contributed by atoms with van der Waals surface area (Å²) in [6.45, 7) is 5.50. The van der Waals surface area contributed by atoms with Crippen LogP contribution in [0, 0.1) is 0 Å². The maximum atomic E-state index is 11.8. The van der Waals surface area contributed by atoms with E-state index in [0.29, 0.717) is 32.0 Å². The zero-order chi connectivity index (χ0) is 12.2. The third-order valence-corrected chi connectivity index (χ3v) is 4.57. The highest BCUT2D eigenvalue weighted by Gasteiger charge is 2.29. The molecule has 0 bridgehead atoms. The molecule has 1 rings (SSSR count). The lowest BCUT2D eigenvalue weighted by atomic mass is 10.3. The standard InChI is InChI=1S/C10H22N2O3S/c1-9(2)11-5-3-7-16(14,15)12-6-4-10(13)8-12/h9-11,13H,3-8H2,1-2H3. The number of rotatable bonds is 6. The van der Waals surface area contributed by atoms with Gasteiger partial charge in [-0.15, -0.1) is 0 Å². The molecule has 6 heteroatoms. The van der Waals surface area contributed by atoms with Crippen molar-refractivity contribution in [1.29, 1.82) is 0 Å². The van der Waals surface area contributed by atoms with Crippen LogP contribution in [0.4, 0.5) is 0 Å². The predicted octanol–water partition coefficient (Wildman–Crippen LogP) is -0.229. The van der Waals surface area contributed by atoms with Crippen molar-refractivity contribution >= 4 is 10.0 Å². The SMILES string of the molecule is CC(C)NCCCS(=O)(=O)N1CCC(O)C1. The van der Waals surface area contributed by atoms with Crippen LogP contribution in [0.5, 0.6) is 0 Å². The molecule has 1 aliphatic rings. The Hall–Kier alpha value is -0.170. The van der Waals surface area contributed by atoms with E-state index >= 15 is 0 Å². The number of nitrogens with zero attached hydrogens (tertiary/aromatic N) is 1. The van der Waals surface area contributed by atoms with Crippen LogP contribution in [0.2, 0.25) is 0 Å². The summed E-state index contributed by atoms with van der Waals surface area (Å²) in [6, 6.07) is 0.385. The molecule has 5 nitrogen and oxygen atoms in total. The summed E-state index contributed by atoms with van der Waals surface area (Å²) in [6.07, 6.45) is 0.694. The van der Waals surface area contributed by atoms with E-state index in [9.17, 15) is 13.5 Å². The number of aliphatic hydroxyl groups excluding tert-OH is 1. The molecular weight excluding hydrogens is 228 g/mol. The fourth-order valence-electron chi connectivity index (χ4n) is 1.74. The van der Waals surface area contributed by atoms with Gasteiger partial charge in [-0.2, -0.15) is 4.31 Å². The van der Waals surface area contributed by atoms with E-state index < -0.39 is 16.1 Å². The second-order valence-corrected chi connectivity index (χ2v) is 6.67. The van der Waals surface area contributed by atoms with Gasteiger partial charge in [0.25, 0.3) is 0 Å². The van der Waals surface area contributed by atoms with Crippen LogP contribution in [0.25, 0.3) is 0 Å². The minimum Gasteiger partial charge on any atom is -0.392 e. The van der Waals surface area contributed by atoms with Gasteiger partial charge in [0.2, 0.25) is 10.0 Å². The zero-order valence-corrected chi connectivity index (χ0v) is 10.8. The smallest absolute Gasteiger partial charge is 0.214 e. The second-order valence-electron chi connectivity index (χ2n) is 4.58. The zero-order valence-electron chi connectivity index (χ0n) is 10.0. The quantitative estimate of drug-likeness (QED) is 0.639. The van der Waals surface area contributed by atoms with Crippen molar-refractivity contribution in [2.45, 2.75) is 38.8 Å². The predicted molar refractivity (Wildman–Crippen MR) is 63.7 cm³/mol. The molecule has 0 saturated carbocycles. The highest BCUT2D eigenvalue weighted by atomic mass is 32.2. The molecule has 0 aliphatic carbocycles. The normalized spacial score (nSPS) is 23.1. The van der Waals surface area contributed by atoms with Crippen LogP contribution in [0.3, 0.4) is 0 Å². The summed E-state index contributed by atoms with van der Waals surface area (Å²) < 4.78 is 25.0. The van der Waals surface area contributed by atoms with E-state index in [1.807, 2.05) is 13.8 Å². The minimum absolute atomic E-state index is 0.166. The Bertz CT molecular complexity index is 303. The average molecular weight is 250 g/mol. The summed E-state index contributed by atoms with van der Waals surface area (Å²) in [4.78, 5) is 0. The van der Waals surface area contributed by atoms with Gasteiger partial charge >= 0.3 is 0 Å². The molecule has 1 atom stereocenters. The van der Waals surface area contributed by atoms with Gasteiger partial charge < -0.3 is 10.4 Å². The van der Waals surface area contributed by atoms with Crippen molar-refractivity contribution in [2.75, 3.05) is 25.4 Å². The first-order chi connectivity index (χ1) is 7.42. The van der Waals surface area contributed by atoms with Crippen molar-refractivity contribution < 1.29 is 13.5 Å². The van der Waals surface area contributed by atoms with Crippen LogP contribution >= 0.6 is 0 Å². The van der Waals surface area contributed by atoms with Crippen molar-refractivity contribution in [3.63, 3.8) is 0 Å². The summed E-state index contributed by atoms with van der Waals surface area (Å²) in [5.41, 5.74) is 0. The summed E-state index contributed by atoms with van der Waals surface area (Å²) in [5.74, 6) is 0.166. The lowest BCUT2D eigenvalue weighted by Crippen LogP contribution is -2.33. The van der Waals surface area contributed by atoms with Gasteiger partial charge in [0.15, 0.2) is 0 Å². The molecule has 1 fully saturated rings. The van der Waals surface area contributed by atoms with Crippen LogP contribution < -0.4 is 5.32 Å². The monoisotopic (exact) mass is 250 g/mol. The van der Waals surface area contributed by atoms with Gasteiger partial charge in [0, 0.05) is 19.1 Å². The number of β-amino-alcohol motifs (C(OH)–C–C–N with tert-alkyl or cyclic N) is 1. The first kappa shape index (κ1) is 13.9. The largest absolute Gasteiger partial charge is 0.392 e. The fourth-order valence-corrected chi connectivity index (χ4v) is 3.29. The number of nitrogens with one attached hydrogen (secondary N) is 1. The first-order valence-electron chi connectivity index (χ1n) is 5.81. The van der Waals surface area contributed by atoms with E-state index in [1.54, 1.807) is 0 Å². The molecule has 16 heavy (non-hydrogen) atoms. The molecular formula is C10H22N2O3S. The maximum Gasteiger partial charge on any atom is 0.214 e. The van der Waals surface area contributed by atoms with E-state index in [0.717, 1.165) is 0 Å². The summed E-state index contributed by atoms with van der Waals surface area (Å²) in [5, 5.41) is 12.5. The average Bonchev–Trinajstić information content (AvgIpc) is 2.60. The Morgan fingerprint density at radius 1 is 1.50 bits per heavy atom. The Balaban J connectivity index is 2.29. The van der Waals surface area contributed by atoms with E-state index in [4.69, 9.17) is 0 Å².